The van der Waals surface area contributed by atoms with Crippen LogP contribution in [0.1, 0.15) is 21.5 Å². The summed E-state index contributed by atoms with van der Waals surface area (Å²) in [7, 11) is 0. The van der Waals surface area contributed by atoms with Crippen molar-refractivity contribution in [3.8, 4) is 11.8 Å². The van der Waals surface area contributed by atoms with Gasteiger partial charge >= 0.3 is 0 Å². The molecule has 3 aromatic carbocycles. The van der Waals surface area contributed by atoms with Crippen LogP contribution in [-0.4, -0.2) is 5.78 Å². The zero-order valence-electron chi connectivity index (χ0n) is 14.4. The number of ketones is 1. The van der Waals surface area contributed by atoms with Crippen LogP contribution in [0.5, 0.6) is 5.75 Å². The van der Waals surface area contributed by atoms with E-state index in [1.807, 2.05) is 54.6 Å². The Kier molecular flexibility index (Phi) is 6.04. The van der Waals surface area contributed by atoms with Gasteiger partial charge < -0.3 is 4.74 Å². The van der Waals surface area contributed by atoms with Crippen LogP contribution in [0, 0.1) is 11.3 Å². The number of ether oxygens (including phenoxy) is 1. The average Bonchev–Trinajstić information content (AvgIpc) is 2.72. The van der Waals surface area contributed by atoms with Crippen molar-refractivity contribution in [2.24, 2.45) is 0 Å². The minimum Gasteiger partial charge on any atom is -0.489 e. The number of hydrogen-bond acceptors (Lipinski definition) is 3. The first-order valence-electron chi connectivity index (χ1n) is 8.34. The third-order valence-electron chi connectivity index (χ3n) is 3.89. The van der Waals surface area contributed by atoms with Gasteiger partial charge in [0.15, 0.2) is 0 Å². The lowest BCUT2D eigenvalue weighted by molar-refractivity contribution is 0.104. The molecule has 0 spiro atoms. The molecule has 0 atom stereocenters. The zero-order valence-corrected chi connectivity index (χ0v) is 15.2. The van der Waals surface area contributed by atoms with Crippen molar-refractivity contribution in [3.05, 3.63) is 106 Å². The number of benzene rings is 3. The molecule has 0 N–H and O–H groups in total. The fourth-order valence-electron chi connectivity index (χ4n) is 2.50. The van der Waals surface area contributed by atoms with Gasteiger partial charge in [-0.2, -0.15) is 5.26 Å². The number of nitriles is 1. The van der Waals surface area contributed by atoms with E-state index in [1.165, 1.54) is 0 Å². The predicted octanol–water partition coefficient (Wildman–Crippen LogP) is 5.71. The summed E-state index contributed by atoms with van der Waals surface area (Å²) in [5, 5.41) is 10.1. The molecule has 3 nitrogen and oxygen atoms in total. The van der Waals surface area contributed by atoms with Gasteiger partial charge in [0.1, 0.15) is 24.0 Å². The van der Waals surface area contributed by atoms with Crippen LogP contribution in [0.25, 0.3) is 6.08 Å². The van der Waals surface area contributed by atoms with Crippen molar-refractivity contribution < 1.29 is 9.53 Å². The lowest BCUT2D eigenvalue weighted by atomic mass is 10.0. The largest absolute Gasteiger partial charge is 0.489 e. The fourth-order valence-corrected chi connectivity index (χ4v) is 2.63. The molecule has 132 valence electrons. The first-order chi connectivity index (χ1) is 13.2. The van der Waals surface area contributed by atoms with Crippen LogP contribution in [0.3, 0.4) is 0 Å². The van der Waals surface area contributed by atoms with E-state index in [0.717, 1.165) is 11.1 Å². The first-order valence-corrected chi connectivity index (χ1v) is 8.72. The molecule has 0 saturated carbocycles. The Morgan fingerprint density at radius 1 is 1.00 bits per heavy atom. The van der Waals surface area contributed by atoms with Crippen LogP contribution in [0.15, 0.2) is 84.4 Å². The van der Waals surface area contributed by atoms with E-state index < -0.39 is 0 Å². The molecule has 3 aromatic rings. The number of allylic oxidation sites excluding steroid dienone is 1. The third kappa shape index (κ3) is 5.07. The minimum atomic E-state index is -0.300. The molecule has 0 radical (unpaired) electrons. The molecule has 0 heterocycles. The highest BCUT2D eigenvalue weighted by Crippen LogP contribution is 2.19. The second kappa shape index (κ2) is 8.84. The standard InChI is InChI=1S/C23H16ClNO2/c24-21-11-9-17(10-12-21)16-27-22-8-4-5-18(14-22)13-20(15-25)23(26)19-6-2-1-3-7-19/h1-14H,16H2. The number of carbonyl (C=O) groups is 1. The Bertz CT molecular complexity index is 1000. The second-order valence-electron chi connectivity index (χ2n) is 5.85. The Labute approximate surface area is 163 Å². The van der Waals surface area contributed by atoms with Crippen molar-refractivity contribution in [2.75, 3.05) is 0 Å². The van der Waals surface area contributed by atoms with Gasteiger partial charge in [0.25, 0.3) is 0 Å². The van der Waals surface area contributed by atoms with Crippen molar-refractivity contribution in [3.63, 3.8) is 0 Å². The number of halogens is 1. The van der Waals surface area contributed by atoms with E-state index in [9.17, 15) is 10.1 Å². The van der Waals surface area contributed by atoms with Crippen LogP contribution in [0.4, 0.5) is 0 Å². The molecule has 4 heteroatoms. The SMILES string of the molecule is N#CC(=Cc1cccc(OCc2ccc(Cl)cc2)c1)C(=O)c1ccccc1. The van der Waals surface area contributed by atoms with E-state index in [2.05, 4.69) is 0 Å². The predicted molar refractivity (Wildman–Crippen MR) is 107 cm³/mol. The molecule has 3 rings (SSSR count). The van der Waals surface area contributed by atoms with Gasteiger partial charge in [-0.05, 0) is 41.5 Å². The highest BCUT2D eigenvalue weighted by atomic mass is 35.5. The summed E-state index contributed by atoms with van der Waals surface area (Å²) in [5.41, 5.74) is 2.29. The van der Waals surface area contributed by atoms with Gasteiger partial charge in [0.2, 0.25) is 5.78 Å². The molecular formula is C23H16ClNO2. The summed E-state index contributed by atoms with van der Waals surface area (Å²) < 4.78 is 5.79. The van der Waals surface area contributed by atoms with Crippen molar-refractivity contribution >= 4 is 23.5 Å². The molecule has 0 aromatic heterocycles. The Hall–Kier alpha value is -3.35. The highest BCUT2D eigenvalue weighted by Gasteiger charge is 2.11. The maximum atomic E-state index is 12.5. The van der Waals surface area contributed by atoms with E-state index in [4.69, 9.17) is 16.3 Å². The Morgan fingerprint density at radius 2 is 1.74 bits per heavy atom. The van der Waals surface area contributed by atoms with Gasteiger partial charge in [-0.3, -0.25) is 4.79 Å². The summed E-state index contributed by atoms with van der Waals surface area (Å²) in [6, 6.07) is 25.5. The molecule has 0 fully saturated rings. The van der Waals surface area contributed by atoms with E-state index >= 15 is 0 Å². The molecule has 0 bridgehead atoms. The van der Waals surface area contributed by atoms with Gasteiger partial charge in [0.05, 0.1) is 0 Å². The highest BCUT2D eigenvalue weighted by molar-refractivity contribution is 6.30. The number of nitrogens with zero attached hydrogens (tertiary/aromatic N) is 1. The number of carbonyl (C=O) groups excluding carboxylic acids is 1. The van der Waals surface area contributed by atoms with Gasteiger partial charge in [-0.1, -0.05) is 66.2 Å². The molecular weight excluding hydrogens is 358 g/mol. The molecule has 0 amide bonds. The van der Waals surface area contributed by atoms with Gasteiger partial charge in [-0.15, -0.1) is 0 Å². The lowest BCUT2D eigenvalue weighted by Gasteiger charge is -2.07. The lowest BCUT2D eigenvalue weighted by Crippen LogP contribution is -2.01. The Balaban J connectivity index is 1.75. The van der Waals surface area contributed by atoms with Crippen molar-refractivity contribution in [1.29, 1.82) is 5.26 Å². The van der Waals surface area contributed by atoms with Crippen LogP contribution < -0.4 is 4.74 Å². The molecule has 0 unspecified atom stereocenters. The molecule has 27 heavy (non-hydrogen) atoms. The maximum absolute atomic E-state index is 12.5. The molecule has 0 aliphatic heterocycles. The van der Waals surface area contributed by atoms with E-state index in [-0.39, 0.29) is 11.4 Å². The first kappa shape index (κ1) is 18.4. The molecule has 0 aliphatic rings. The summed E-state index contributed by atoms with van der Waals surface area (Å²) in [6.45, 7) is 0.401. The molecule has 0 aliphatic carbocycles. The quantitative estimate of drug-likeness (QED) is 0.316. The normalized spacial score (nSPS) is 10.9. The summed E-state index contributed by atoms with van der Waals surface area (Å²) in [6.07, 6.45) is 1.57. The van der Waals surface area contributed by atoms with Gasteiger partial charge in [-0.25, -0.2) is 0 Å². The fraction of sp³-hybridized carbons (Fsp3) is 0.0435. The van der Waals surface area contributed by atoms with Crippen molar-refractivity contribution in [2.45, 2.75) is 6.61 Å². The summed E-state index contributed by atoms with van der Waals surface area (Å²) in [4.78, 5) is 12.5. The minimum absolute atomic E-state index is 0.0797. The van der Waals surface area contributed by atoms with Crippen LogP contribution in [0.2, 0.25) is 5.02 Å². The van der Waals surface area contributed by atoms with Crippen molar-refractivity contribution in [1.82, 2.24) is 0 Å². The molecule has 0 saturated heterocycles. The number of hydrogen-bond donors (Lipinski definition) is 0. The maximum Gasteiger partial charge on any atom is 0.203 e. The number of Topliss-reactive ketones (excluding diaryl/α,β-unsaturated/α-hetero) is 1. The average molecular weight is 374 g/mol. The smallest absolute Gasteiger partial charge is 0.203 e. The Morgan fingerprint density at radius 3 is 2.44 bits per heavy atom. The summed E-state index contributed by atoms with van der Waals surface area (Å²) >= 11 is 5.88. The van der Waals surface area contributed by atoms with Crippen LogP contribution in [-0.2, 0) is 6.61 Å². The monoisotopic (exact) mass is 373 g/mol. The van der Waals surface area contributed by atoms with Crippen LogP contribution >= 0.6 is 11.6 Å². The summed E-state index contributed by atoms with van der Waals surface area (Å²) in [5.74, 6) is 0.355. The van der Waals surface area contributed by atoms with E-state index in [1.54, 1.807) is 36.4 Å². The topological polar surface area (TPSA) is 50.1 Å². The number of rotatable bonds is 6. The third-order valence-corrected chi connectivity index (χ3v) is 4.14. The second-order valence-corrected chi connectivity index (χ2v) is 6.29. The van der Waals surface area contributed by atoms with Gasteiger partial charge in [0, 0.05) is 10.6 Å². The van der Waals surface area contributed by atoms with E-state index in [0.29, 0.717) is 22.9 Å². The zero-order chi connectivity index (χ0) is 19.1.